The summed E-state index contributed by atoms with van der Waals surface area (Å²) in [5.41, 5.74) is 4.80. The molecular formula is C34H24BrN. The first-order valence-electron chi connectivity index (χ1n) is 13.7. The Labute approximate surface area is 226 Å². The molecule has 0 aliphatic rings. The van der Waals surface area contributed by atoms with Gasteiger partial charge in [-0.25, -0.2) is 0 Å². The van der Waals surface area contributed by atoms with E-state index in [4.69, 9.17) is 5.48 Å². The molecular weight excluding hydrogens is 502 g/mol. The lowest BCUT2D eigenvalue weighted by atomic mass is 9.98. The first-order valence-corrected chi connectivity index (χ1v) is 12.5. The van der Waals surface area contributed by atoms with Crippen LogP contribution in [0, 0.1) is 0 Å². The molecule has 6 aromatic carbocycles. The monoisotopic (exact) mass is 529 g/mol. The zero-order valence-electron chi connectivity index (χ0n) is 23.4. The maximum Gasteiger partial charge on any atom is 0.0645 e. The summed E-state index contributed by atoms with van der Waals surface area (Å²) >= 11 is 3.60. The third kappa shape index (κ3) is 4.32. The topological polar surface area (TPSA) is 3.24 Å². The summed E-state index contributed by atoms with van der Waals surface area (Å²) in [5.74, 6) is 0. The standard InChI is InChI=1S/C34H24BrN/c35-34-16-8-14-32-31(13-7-15-33(32)34)27-19-23-30(24-20-27)36(28-11-5-2-6-12-28)29-21-17-26(18-22-29)25-9-3-1-4-10-25/h1-24H/i19D,20D,23D,24D. The molecule has 6 rings (SSSR count). The SMILES string of the molecule is [2H]c1c([2H])c(N(c2ccccc2)c2ccc(-c3ccccc3)cc2)c([2H])c([2H])c1-c1cccc2c(Br)cccc12. The molecule has 0 aliphatic carbocycles. The number of para-hydroxylation sites is 1. The van der Waals surface area contributed by atoms with E-state index in [2.05, 4.69) is 28.1 Å². The number of rotatable bonds is 5. The molecule has 0 radical (unpaired) electrons. The van der Waals surface area contributed by atoms with Crippen molar-refractivity contribution in [3.8, 4) is 22.3 Å². The van der Waals surface area contributed by atoms with Crippen molar-refractivity contribution in [2.45, 2.75) is 0 Å². The van der Waals surface area contributed by atoms with E-state index in [-0.39, 0.29) is 35.4 Å². The van der Waals surface area contributed by atoms with Crippen molar-refractivity contribution in [2.75, 3.05) is 4.90 Å². The van der Waals surface area contributed by atoms with Crippen LogP contribution in [0.5, 0.6) is 0 Å². The lowest BCUT2D eigenvalue weighted by Crippen LogP contribution is -2.09. The number of nitrogens with zero attached hydrogens (tertiary/aromatic N) is 1. The maximum absolute atomic E-state index is 9.14. The zero-order valence-corrected chi connectivity index (χ0v) is 21.0. The fraction of sp³-hybridized carbons (Fsp3) is 0. The molecule has 0 fully saturated rings. The van der Waals surface area contributed by atoms with Gasteiger partial charge in [0.25, 0.3) is 0 Å². The van der Waals surface area contributed by atoms with Crippen LogP contribution >= 0.6 is 15.9 Å². The Morgan fingerprint density at radius 1 is 0.444 bits per heavy atom. The Hall–Kier alpha value is -4.14. The predicted molar refractivity (Wildman–Crippen MR) is 157 cm³/mol. The van der Waals surface area contributed by atoms with Crippen molar-refractivity contribution >= 4 is 43.8 Å². The number of hydrogen-bond acceptors (Lipinski definition) is 1. The minimum absolute atomic E-state index is 0.0784. The second-order valence-corrected chi connectivity index (χ2v) is 9.30. The van der Waals surface area contributed by atoms with Gasteiger partial charge in [0, 0.05) is 21.5 Å². The molecule has 6 aromatic rings. The smallest absolute Gasteiger partial charge is 0.0645 e. The van der Waals surface area contributed by atoms with Crippen LogP contribution in [0.1, 0.15) is 5.48 Å². The van der Waals surface area contributed by atoms with Gasteiger partial charge in [-0.3, -0.25) is 0 Å². The molecule has 0 saturated carbocycles. The first-order chi connectivity index (χ1) is 19.5. The van der Waals surface area contributed by atoms with Gasteiger partial charge in [-0.15, -0.1) is 0 Å². The van der Waals surface area contributed by atoms with E-state index >= 15 is 0 Å². The largest absolute Gasteiger partial charge is 0.311 e. The van der Waals surface area contributed by atoms with Crippen LogP contribution < -0.4 is 4.90 Å². The van der Waals surface area contributed by atoms with Crippen molar-refractivity contribution in [2.24, 2.45) is 0 Å². The van der Waals surface area contributed by atoms with E-state index in [1.54, 1.807) is 4.90 Å². The molecule has 36 heavy (non-hydrogen) atoms. The highest BCUT2D eigenvalue weighted by Crippen LogP contribution is 2.38. The molecule has 0 bridgehead atoms. The van der Waals surface area contributed by atoms with Gasteiger partial charge >= 0.3 is 0 Å². The van der Waals surface area contributed by atoms with E-state index in [0.29, 0.717) is 5.56 Å². The van der Waals surface area contributed by atoms with Gasteiger partial charge in [0.15, 0.2) is 0 Å². The average molecular weight is 531 g/mol. The molecule has 0 unspecified atom stereocenters. The van der Waals surface area contributed by atoms with Crippen molar-refractivity contribution < 1.29 is 5.48 Å². The lowest BCUT2D eigenvalue weighted by molar-refractivity contribution is 1.28. The maximum atomic E-state index is 9.14. The van der Waals surface area contributed by atoms with Crippen LogP contribution in [0.25, 0.3) is 33.0 Å². The molecule has 0 N–H and O–H groups in total. The summed E-state index contributed by atoms with van der Waals surface area (Å²) in [6, 6.07) is 38.7. The quantitative estimate of drug-likeness (QED) is 0.214. The van der Waals surface area contributed by atoms with Crippen molar-refractivity contribution in [3.05, 3.63) is 150 Å². The summed E-state index contributed by atoms with van der Waals surface area (Å²) in [7, 11) is 0. The third-order valence-corrected chi connectivity index (χ3v) is 6.91. The molecule has 2 heteroatoms. The number of hydrogen-bond donors (Lipinski definition) is 0. The minimum Gasteiger partial charge on any atom is -0.311 e. The Kier molecular flexibility index (Phi) is 4.97. The van der Waals surface area contributed by atoms with Gasteiger partial charge in [0.1, 0.15) is 0 Å². The lowest BCUT2D eigenvalue weighted by Gasteiger charge is -2.26. The number of anilines is 3. The van der Waals surface area contributed by atoms with Crippen molar-refractivity contribution in [3.63, 3.8) is 0 Å². The van der Waals surface area contributed by atoms with E-state index in [1.165, 1.54) is 0 Å². The Balaban J connectivity index is 1.55. The summed E-state index contributed by atoms with van der Waals surface area (Å²) in [4.78, 5) is 1.80. The highest BCUT2D eigenvalue weighted by molar-refractivity contribution is 9.10. The number of halogens is 1. The van der Waals surface area contributed by atoms with Crippen LogP contribution in [0.4, 0.5) is 17.1 Å². The fourth-order valence-corrected chi connectivity index (χ4v) is 4.96. The molecule has 172 valence electrons. The van der Waals surface area contributed by atoms with Gasteiger partial charge in [-0.2, -0.15) is 0 Å². The van der Waals surface area contributed by atoms with Gasteiger partial charge < -0.3 is 4.90 Å². The van der Waals surface area contributed by atoms with Gasteiger partial charge in [0.2, 0.25) is 0 Å². The second kappa shape index (κ2) is 9.85. The number of benzene rings is 6. The van der Waals surface area contributed by atoms with Crippen LogP contribution in [0.3, 0.4) is 0 Å². The highest BCUT2D eigenvalue weighted by Gasteiger charge is 2.13. The highest BCUT2D eigenvalue weighted by atomic mass is 79.9. The van der Waals surface area contributed by atoms with E-state index in [0.717, 1.165) is 37.7 Å². The molecule has 0 aliphatic heterocycles. The summed E-state index contributed by atoms with van der Waals surface area (Å²) in [5, 5.41) is 1.81. The van der Waals surface area contributed by atoms with Crippen LogP contribution in [-0.2, 0) is 0 Å². The third-order valence-electron chi connectivity index (χ3n) is 6.22. The van der Waals surface area contributed by atoms with Gasteiger partial charge in [-0.05, 0) is 75.4 Å². The first kappa shape index (κ1) is 18.2. The summed E-state index contributed by atoms with van der Waals surface area (Å²) < 4.78 is 37.3. The molecule has 0 aromatic heterocycles. The summed E-state index contributed by atoms with van der Waals surface area (Å²) in [6.45, 7) is 0. The Morgan fingerprint density at radius 2 is 1.03 bits per heavy atom. The Bertz CT molecular complexity index is 1810. The second-order valence-electron chi connectivity index (χ2n) is 8.45. The predicted octanol–water partition coefficient (Wildman–Crippen LogP) is 10.4. The molecule has 0 saturated heterocycles. The van der Waals surface area contributed by atoms with Crippen LogP contribution in [-0.4, -0.2) is 0 Å². The molecule has 0 amide bonds. The summed E-state index contributed by atoms with van der Waals surface area (Å²) in [6.07, 6.45) is 0. The molecule has 0 spiro atoms. The van der Waals surface area contributed by atoms with E-state index in [9.17, 15) is 0 Å². The minimum atomic E-state index is -0.0982. The molecule has 0 heterocycles. The fourth-order valence-electron chi connectivity index (χ4n) is 4.46. The normalized spacial score (nSPS) is 12.5. The molecule has 0 atom stereocenters. The van der Waals surface area contributed by atoms with Crippen molar-refractivity contribution in [1.29, 1.82) is 0 Å². The Morgan fingerprint density at radius 3 is 1.75 bits per heavy atom. The van der Waals surface area contributed by atoms with Crippen LogP contribution in [0.15, 0.2) is 150 Å². The zero-order chi connectivity index (χ0) is 27.8. The average Bonchev–Trinajstić information content (AvgIpc) is 3.00. The van der Waals surface area contributed by atoms with Crippen molar-refractivity contribution in [1.82, 2.24) is 0 Å². The number of fused-ring (bicyclic) bond motifs is 1. The van der Waals surface area contributed by atoms with E-state index in [1.807, 2.05) is 109 Å². The van der Waals surface area contributed by atoms with Gasteiger partial charge in [-0.1, -0.05) is 119 Å². The van der Waals surface area contributed by atoms with Crippen LogP contribution in [0.2, 0.25) is 0 Å². The van der Waals surface area contributed by atoms with Gasteiger partial charge in [0.05, 0.1) is 5.48 Å². The molecule has 1 nitrogen and oxygen atoms in total. The van der Waals surface area contributed by atoms with E-state index < -0.39 is 0 Å².